The van der Waals surface area contributed by atoms with Crippen LogP contribution in [0.1, 0.15) is 88.6 Å². The third-order valence-electron chi connectivity index (χ3n) is 5.89. The van der Waals surface area contributed by atoms with Crippen LogP contribution in [-0.2, 0) is 71.3 Å². The minimum atomic E-state index is -0.815. The molecule has 2 amide bonds. The minimum Gasteiger partial charge on any atom is -0.855 e. The van der Waals surface area contributed by atoms with E-state index in [4.69, 9.17) is 15.3 Å². The zero-order chi connectivity index (χ0) is 51.3. The fourth-order valence-corrected chi connectivity index (χ4v) is 2.87. The number of urea groups is 1. The van der Waals surface area contributed by atoms with Crippen molar-refractivity contribution in [3.8, 4) is 0 Å². The number of hydrogen-bond donors (Lipinski definition) is 4. The summed E-state index contributed by atoms with van der Waals surface area (Å²) in [6.07, 6.45) is 0. The number of rotatable bonds is 12. The summed E-state index contributed by atoms with van der Waals surface area (Å²) in [5.74, 6) is -4.37. The van der Waals surface area contributed by atoms with E-state index in [-0.39, 0.29) is 201 Å². The molecule has 0 atom stereocenters. The van der Waals surface area contributed by atoms with Crippen LogP contribution in [0.3, 0.4) is 0 Å². The summed E-state index contributed by atoms with van der Waals surface area (Å²) in [5.41, 5.74) is -1.57. The van der Waals surface area contributed by atoms with Gasteiger partial charge >= 0.3 is 142 Å². The molecule has 0 aliphatic heterocycles. The molecule has 0 fully saturated rings. The first-order valence-corrected chi connectivity index (χ1v) is 19.7. The first-order valence-electron chi connectivity index (χ1n) is 19.7. The zero-order valence-corrected chi connectivity index (χ0v) is 52.2. The third-order valence-corrected chi connectivity index (χ3v) is 5.89. The van der Waals surface area contributed by atoms with Crippen molar-refractivity contribution >= 4 is 41.8 Å². The number of aromatic nitrogens is 2. The van der Waals surface area contributed by atoms with Crippen LogP contribution >= 0.6 is 0 Å². The molecule has 1 aromatic rings. The summed E-state index contributed by atoms with van der Waals surface area (Å²) >= 11 is 0. The molecular formula is C40H74N4Na4O19. The molecular weight excluding hydrogens is 932 g/mol. The maximum atomic E-state index is 11.1. The van der Waals surface area contributed by atoms with Crippen molar-refractivity contribution in [3.05, 3.63) is 48.6 Å². The quantitative estimate of drug-likeness (QED) is 0.0497. The van der Waals surface area contributed by atoms with Crippen LogP contribution in [0.25, 0.3) is 0 Å². The van der Waals surface area contributed by atoms with E-state index in [1.165, 1.54) is 41.8 Å². The molecule has 372 valence electrons. The number of aliphatic hydroxyl groups is 2. The number of hydrogen-bond acceptors (Lipinski definition) is 19. The van der Waals surface area contributed by atoms with Gasteiger partial charge in [0.1, 0.15) is 11.1 Å². The van der Waals surface area contributed by atoms with Crippen LogP contribution in [0.5, 0.6) is 0 Å². The SMILES string of the molecule is CCO.CCO.CCOC(=O)C(C)C(=O)OCC.CCOC(=O)[C-](C)C(=O)OCC.CCOC(=O)[C-](C)C(=O)OCC.CC[O-].CNC(=O)NC.C[c-]1c(=O)n(C)c(=O)n(C)c1=O.[Na+].[Na+].[Na+].[Na+]. The van der Waals surface area contributed by atoms with E-state index >= 15 is 0 Å². The Morgan fingerprint density at radius 3 is 0.910 bits per heavy atom. The number of carbonyl (C=O) groups excluding carboxylic acids is 7. The molecule has 0 aliphatic carbocycles. The van der Waals surface area contributed by atoms with E-state index < -0.39 is 58.5 Å². The Kier molecular flexibility index (Phi) is 87.6. The van der Waals surface area contributed by atoms with Crippen molar-refractivity contribution in [2.24, 2.45) is 20.0 Å². The Morgan fingerprint density at radius 2 is 0.761 bits per heavy atom. The number of esters is 6. The van der Waals surface area contributed by atoms with Crippen molar-refractivity contribution in [2.45, 2.75) is 90.0 Å². The number of nitrogens with zero attached hydrogens (tertiary/aromatic N) is 2. The maximum Gasteiger partial charge on any atom is 1.00 e. The Balaban J connectivity index is -0.0000000618. The first kappa shape index (κ1) is 91.5. The third kappa shape index (κ3) is 53.4. The summed E-state index contributed by atoms with van der Waals surface area (Å²) in [4.78, 5) is 109. The Hall–Kier alpha value is -1.81. The van der Waals surface area contributed by atoms with E-state index in [1.807, 2.05) is 0 Å². The van der Waals surface area contributed by atoms with E-state index in [0.29, 0.717) is 0 Å². The second-order valence-electron chi connectivity index (χ2n) is 10.7. The Bertz CT molecular complexity index is 1320. The number of nitrogens with one attached hydrogen (secondary N) is 2. The molecule has 1 rings (SSSR count). The minimum absolute atomic E-state index is 0. The van der Waals surface area contributed by atoms with Gasteiger partial charge in [-0.1, -0.05) is 6.92 Å². The van der Waals surface area contributed by atoms with E-state index in [0.717, 1.165) is 9.13 Å². The molecule has 23 nitrogen and oxygen atoms in total. The van der Waals surface area contributed by atoms with Gasteiger partial charge in [-0.15, -0.1) is 6.61 Å². The van der Waals surface area contributed by atoms with Crippen molar-refractivity contribution in [3.63, 3.8) is 0 Å². The number of ether oxygens (including phenoxy) is 6. The molecule has 27 heteroatoms. The molecule has 0 saturated heterocycles. The summed E-state index contributed by atoms with van der Waals surface area (Å²) in [6.45, 7) is 22.8. The number of aliphatic hydroxyl groups excluding tert-OH is 2. The van der Waals surface area contributed by atoms with Gasteiger partial charge in [0.15, 0.2) is 29.8 Å². The van der Waals surface area contributed by atoms with Gasteiger partial charge in [-0.05, 0) is 62.3 Å². The molecule has 0 aromatic carbocycles. The zero-order valence-electron chi connectivity index (χ0n) is 44.2. The second kappa shape index (κ2) is 64.2. The van der Waals surface area contributed by atoms with Gasteiger partial charge < -0.3 is 64.0 Å². The Morgan fingerprint density at radius 1 is 0.567 bits per heavy atom. The average molecular weight is 1010 g/mol. The molecule has 0 aliphatic rings. The summed E-state index contributed by atoms with van der Waals surface area (Å²) < 4.78 is 29.5. The fraction of sp³-hybridized carbons (Fsp3) is 0.675. The topological polar surface area (TPSA) is 324 Å². The largest absolute Gasteiger partial charge is 1.00 e. The Labute approximate surface area is 484 Å². The molecule has 1 aromatic heterocycles. The summed E-state index contributed by atoms with van der Waals surface area (Å²) in [5, 5.41) is 28.8. The van der Waals surface area contributed by atoms with Gasteiger partial charge in [-0.3, -0.25) is 37.9 Å². The van der Waals surface area contributed by atoms with Crippen LogP contribution in [-0.4, -0.2) is 135 Å². The second-order valence-corrected chi connectivity index (χ2v) is 10.7. The van der Waals surface area contributed by atoms with Crippen LogP contribution in [0.4, 0.5) is 4.79 Å². The fourth-order valence-electron chi connectivity index (χ4n) is 2.87. The van der Waals surface area contributed by atoms with Gasteiger partial charge in [0.2, 0.25) is 0 Å². The van der Waals surface area contributed by atoms with Gasteiger partial charge in [-0.25, -0.2) is 15.2 Å². The number of carbonyl (C=O) groups is 7. The summed E-state index contributed by atoms with van der Waals surface area (Å²) in [7, 11) is 5.83. The predicted octanol–water partition coefficient (Wildman–Crippen LogP) is -12.4. The van der Waals surface area contributed by atoms with Gasteiger partial charge in [0, 0.05) is 41.4 Å². The smallest absolute Gasteiger partial charge is 0.855 e. The van der Waals surface area contributed by atoms with Crippen molar-refractivity contribution < 1.29 is 196 Å². The molecule has 0 bridgehead atoms. The van der Waals surface area contributed by atoms with Crippen LogP contribution in [0, 0.1) is 24.7 Å². The van der Waals surface area contributed by atoms with Crippen LogP contribution < -0.4 is 151 Å². The molecule has 0 radical (unpaired) electrons. The summed E-state index contributed by atoms with van der Waals surface area (Å²) in [6, 6.07) is -0.157. The maximum absolute atomic E-state index is 11.1. The van der Waals surface area contributed by atoms with Crippen molar-refractivity contribution in [1.29, 1.82) is 0 Å². The molecule has 0 saturated carbocycles. The molecule has 4 N–H and O–H groups in total. The predicted molar refractivity (Wildman–Crippen MR) is 230 cm³/mol. The molecule has 67 heavy (non-hydrogen) atoms. The van der Waals surface area contributed by atoms with Crippen molar-refractivity contribution in [2.75, 3.05) is 73.6 Å². The average Bonchev–Trinajstić information content (AvgIpc) is 3.25. The first-order chi connectivity index (χ1) is 29.4. The van der Waals surface area contributed by atoms with Gasteiger partial charge in [0.25, 0.3) is 0 Å². The van der Waals surface area contributed by atoms with E-state index in [2.05, 4.69) is 39.1 Å². The van der Waals surface area contributed by atoms with Gasteiger partial charge in [-0.2, -0.15) is 32.6 Å². The molecule has 0 unspecified atom stereocenters. The molecule has 1 heterocycles. The van der Waals surface area contributed by atoms with Gasteiger partial charge in [0.05, 0.1) is 39.6 Å². The van der Waals surface area contributed by atoms with Crippen molar-refractivity contribution in [1.82, 2.24) is 19.8 Å². The standard InChI is InChI=1S/C8H14O4.2C8H13O4.C7H9N2O3.C3H8N2O.2C2H6O.C2H5O.4Na/c3*1-4-11-7(9)6(3)8(10)12-5-2;1-4-5(10)8(2)7(12)9(3)6(4)11;1-4-3(6)5-2;3*1-2-3;;;;/h6H,4-5H2,1-3H3;2*4-5H2,1-3H3;1-3H3;1-2H3,(H2,4,5,6);2*3H,2H2,1H3;2H2,1H3;;;;/q;3*-1;;;;-1;4*+1. The van der Waals surface area contributed by atoms with E-state index in [1.54, 1.807) is 76.4 Å². The normalized spacial score (nSPS) is 8.19. The number of amides is 2. The van der Waals surface area contributed by atoms with Crippen LogP contribution in [0.15, 0.2) is 14.4 Å². The van der Waals surface area contributed by atoms with E-state index in [9.17, 15) is 47.9 Å². The molecule has 0 spiro atoms. The monoisotopic (exact) mass is 1010 g/mol. The van der Waals surface area contributed by atoms with Crippen LogP contribution in [0.2, 0.25) is 0 Å².